The van der Waals surface area contributed by atoms with E-state index in [1.54, 1.807) is 0 Å². The molecule has 0 fully saturated rings. The first-order valence-electron chi connectivity index (χ1n) is 19.3. The van der Waals surface area contributed by atoms with Gasteiger partial charge in [-0.3, -0.25) is 0 Å². The molecule has 4 rings (SSSR count). The zero-order valence-electron chi connectivity index (χ0n) is 29.4. The van der Waals surface area contributed by atoms with Gasteiger partial charge < -0.3 is 19.3 Å². The van der Waals surface area contributed by atoms with Crippen LogP contribution in [-0.2, 0) is 0 Å². The van der Waals surface area contributed by atoms with Crippen molar-refractivity contribution in [3.8, 4) is 11.5 Å². The van der Waals surface area contributed by atoms with E-state index in [9.17, 15) is 0 Å². The minimum absolute atomic E-state index is 0.0871. The third kappa shape index (κ3) is 12.0. The molecule has 2 heterocycles. The number of unbranched alkanes of at least 4 members (excludes halogenated alkanes) is 19. The van der Waals surface area contributed by atoms with Crippen molar-refractivity contribution in [2.24, 2.45) is 0 Å². The second-order valence-electron chi connectivity index (χ2n) is 13.5. The van der Waals surface area contributed by atoms with Gasteiger partial charge in [0.25, 0.3) is 0 Å². The van der Waals surface area contributed by atoms with Gasteiger partial charge in [0.2, 0.25) is 5.88 Å². The summed E-state index contributed by atoms with van der Waals surface area (Å²) in [5.41, 5.74) is 2.36. The van der Waals surface area contributed by atoms with Crippen LogP contribution in [0, 0.1) is 0 Å². The molecule has 4 heteroatoms. The quantitative estimate of drug-likeness (QED) is 0.102. The number of fused-ring (bicyclic) bond motifs is 2. The third-order valence-electron chi connectivity index (χ3n) is 9.58. The van der Waals surface area contributed by atoms with Crippen molar-refractivity contribution >= 4 is 11.4 Å². The van der Waals surface area contributed by atoms with Crippen LogP contribution in [0.4, 0.5) is 11.4 Å². The second-order valence-corrected chi connectivity index (χ2v) is 13.5. The molecule has 2 aromatic carbocycles. The lowest BCUT2D eigenvalue weighted by molar-refractivity contribution is 0.273. The highest BCUT2D eigenvalue weighted by atomic mass is 16.5. The molecule has 0 aliphatic carbocycles. The van der Waals surface area contributed by atoms with Gasteiger partial charge in [-0.05, 0) is 49.3 Å². The van der Waals surface area contributed by atoms with Crippen molar-refractivity contribution in [1.82, 2.24) is 0 Å². The molecule has 0 amide bonds. The smallest absolute Gasteiger partial charge is 0.200 e. The molecular weight excluding hydrogens is 564 g/mol. The van der Waals surface area contributed by atoms with Crippen molar-refractivity contribution in [2.45, 2.75) is 155 Å². The number of para-hydroxylation sites is 4. The van der Waals surface area contributed by atoms with Crippen molar-refractivity contribution in [3.05, 3.63) is 72.6 Å². The van der Waals surface area contributed by atoms with Gasteiger partial charge >= 0.3 is 0 Å². The number of benzene rings is 2. The average molecular weight is 629 g/mol. The molecule has 0 spiro atoms. The highest BCUT2D eigenvalue weighted by Gasteiger charge is 2.28. The molecule has 0 aromatic heterocycles. The molecule has 2 aliphatic heterocycles. The summed E-state index contributed by atoms with van der Waals surface area (Å²) in [4.78, 5) is 4.69. The number of rotatable bonds is 25. The van der Waals surface area contributed by atoms with Crippen molar-refractivity contribution in [2.75, 3.05) is 22.9 Å². The average Bonchev–Trinajstić information content (AvgIpc) is 3.61. The lowest BCUT2D eigenvalue weighted by Crippen LogP contribution is -2.33. The fraction of sp³-hybridized carbons (Fsp3) is 0.619. The lowest BCUT2D eigenvalue weighted by atomic mass is 10.0. The fourth-order valence-corrected chi connectivity index (χ4v) is 6.92. The lowest BCUT2D eigenvalue weighted by Gasteiger charge is -2.22. The predicted molar refractivity (Wildman–Crippen MR) is 198 cm³/mol. The van der Waals surface area contributed by atoms with Gasteiger partial charge in [-0.1, -0.05) is 166 Å². The number of hydrogen-bond acceptors (Lipinski definition) is 4. The van der Waals surface area contributed by atoms with E-state index in [2.05, 4.69) is 84.3 Å². The van der Waals surface area contributed by atoms with Gasteiger partial charge in [-0.15, -0.1) is 0 Å². The molecule has 0 bridgehead atoms. The van der Waals surface area contributed by atoms with Crippen LogP contribution in [-0.4, -0.2) is 19.3 Å². The van der Waals surface area contributed by atoms with Crippen molar-refractivity contribution < 1.29 is 9.47 Å². The summed E-state index contributed by atoms with van der Waals surface area (Å²) in [6, 6.07) is 16.7. The molecular formula is C42H64N2O2. The van der Waals surface area contributed by atoms with E-state index in [4.69, 9.17) is 9.47 Å². The highest BCUT2D eigenvalue weighted by Crippen LogP contribution is 2.39. The first kappa shape index (κ1) is 36.0. The van der Waals surface area contributed by atoms with Crippen molar-refractivity contribution in [1.29, 1.82) is 0 Å². The van der Waals surface area contributed by atoms with Gasteiger partial charge in [0.1, 0.15) is 5.75 Å². The van der Waals surface area contributed by atoms with Gasteiger partial charge in [-0.25, -0.2) is 0 Å². The van der Waals surface area contributed by atoms with Crippen LogP contribution in [0.25, 0.3) is 0 Å². The van der Waals surface area contributed by atoms with Crippen LogP contribution >= 0.6 is 0 Å². The maximum Gasteiger partial charge on any atom is 0.200 e. The normalized spacial score (nSPS) is 16.3. The molecule has 0 radical (unpaired) electrons. The first-order chi connectivity index (χ1) is 22.8. The molecule has 0 saturated carbocycles. The summed E-state index contributed by atoms with van der Waals surface area (Å²) in [6.07, 6.45) is 35.5. The van der Waals surface area contributed by atoms with Gasteiger partial charge in [0.15, 0.2) is 12.0 Å². The summed E-state index contributed by atoms with van der Waals surface area (Å²) in [7, 11) is 0. The van der Waals surface area contributed by atoms with E-state index in [1.165, 1.54) is 140 Å². The fourth-order valence-electron chi connectivity index (χ4n) is 6.92. The zero-order valence-corrected chi connectivity index (χ0v) is 29.4. The predicted octanol–water partition coefficient (Wildman–Crippen LogP) is 12.7. The Labute approximate surface area is 282 Å². The Hall–Kier alpha value is -2.88. The number of anilines is 2. The van der Waals surface area contributed by atoms with Gasteiger partial charge in [-0.2, -0.15) is 0 Å². The largest absolute Gasteiger partial charge is 0.465 e. The SMILES string of the molecule is CCCCCCCCCCCCCCCCCCCCCCN1C(=CC=CC2Oc3ccccc3N2CCC)Oc2ccccc21. The van der Waals surface area contributed by atoms with Crippen LogP contribution in [0.5, 0.6) is 11.5 Å². The maximum atomic E-state index is 6.30. The Morgan fingerprint density at radius 3 is 1.61 bits per heavy atom. The number of ether oxygens (including phenoxy) is 2. The summed E-state index contributed by atoms with van der Waals surface area (Å²) in [5, 5.41) is 0. The van der Waals surface area contributed by atoms with Crippen LogP contribution in [0.2, 0.25) is 0 Å². The zero-order chi connectivity index (χ0) is 32.1. The van der Waals surface area contributed by atoms with Crippen LogP contribution in [0.3, 0.4) is 0 Å². The van der Waals surface area contributed by atoms with E-state index >= 15 is 0 Å². The van der Waals surface area contributed by atoms with E-state index in [0.29, 0.717) is 0 Å². The Kier molecular flexibility index (Phi) is 17.1. The van der Waals surface area contributed by atoms with Crippen LogP contribution in [0.15, 0.2) is 72.6 Å². The summed E-state index contributed by atoms with van der Waals surface area (Å²) >= 11 is 0. The van der Waals surface area contributed by atoms with Gasteiger partial charge in [0.05, 0.1) is 11.4 Å². The van der Waals surface area contributed by atoms with Crippen LogP contribution in [0.1, 0.15) is 149 Å². The Balaban J connectivity index is 1.06. The molecule has 1 atom stereocenters. The molecule has 4 nitrogen and oxygen atoms in total. The molecule has 2 aliphatic rings. The highest BCUT2D eigenvalue weighted by molar-refractivity contribution is 5.66. The topological polar surface area (TPSA) is 24.9 Å². The summed E-state index contributed by atoms with van der Waals surface area (Å²) in [5.74, 6) is 2.82. The molecule has 0 saturated heterocycles. The van der Waals surface area contributed by atoms with Crippen LogP contribution < -0.4 is 19.3 Å². The summed E-state index contributed by atoms with van der Waals surface area (Å²) in [6.45, 7) is 6.47. The maximum absolute atomic E-state index is 6.30. The van der Waals surface area contributed by atoms with Crippen molar-refractivity contribution in [3.63, 3.8) is 0 Å². The molecule has 2 aromatic rings. The minimum atomic E-state index is -0.0871. The van der Waals surface area contributed by atoms with E-state index in [1.807, 2.05) is 6.07 Å². The molecule has 46 heavy (non-hydrogen) atoms. The number of hydrogen-bond donors (Lipinski definition) is 0. The molecule has 0 N–H and O–H groups in total. The Morgan fingerprint density at radius 1 is 0.543 bits per heavy atom. The van der Waals surface area contributed by atoms with E-state index in [-0.39, 0.29) is 6.23 Å². The Morgan fingerprint density at radius 2 is 1.04 bits per heavy atom. The standard InChI is InChI=1S/C42H64N2O2/c1-3-5-6-7-8-9-10-11-12-13-14-15-16-17-18-19-20-21-22-27-36-44-38-30-24-26-32-40(38)46-42(44)34-28-33-41-43(35-4-2)37-29-23-25-31-39(37)45-41/h23-26,28-34,41H,3-22,27,35-36H2,1-2H3. The third-order valence-corrected chi connectivity index (χ3v) is 9.58. The summed E-state index contributed by atoms with van der Waals surface area (Å²) < 4.78 is 12.6. The monoisotopic (exact) mass is 628 g/mol. The van der Waals surface area contributed by atoms with E-state index < -0.39 is 0 Å². The number of allylic oxidation sites excluding steroid dienone is 2. The second kappa shape index (κ2) is 21.8. The minimum Gasteiger partial charge on any atom is -0.465 e. The van der Waals surface area contributed by atoms with E-state index in [0.717, 1.165) is 36.9 Å². The Bertz CT molecular complexity index is 1160. The van der Waals surface area contributed by atoms with Gasteiger partial charge in [0, 0.05) is 13.1 Å². The first-order valence-corrected chi connectivity index (χ1v) is 19.3. The molecule has 1 unspecified atom stereocenters. The molecule has 254 valence electrons. The number of nitrogens with zero attached hydrogens (tertiary/aromatic N) is 2.